The van der Waals surface area contributed by atoms with Crippen LogP contribution in [0.3, 0.4) is 0 Å². The molecule has 2 aromatic rings. The van der Waals surface area contributed by atoms with Crippen LogP contribution in [0.15, 0.2) is 60.7 Å². The number of ether oxygens (including phenoxy) is 1. The van der Waals surface area contributed by atoms with E-state index in [9.17, 15) is 22.8 Å². The number of imide groups is 1. The number of likely N-dealkylation sites (tertiary alicyclic amines) is 2. The van der Waals surface area contributed by atoms with Gasteiger partial charge >= 0.3 is 18.0 Å². The van der Waals surface area contributed by atoms with Crippen molar-refractivity contribution < 1.29 is 32.0 Å². The number of sulfonamides is 1. The molecular weight excluding hydrogens is 580 g/mol. The van der Waals surface area contributed by atoms with Gasteiger partial charge in [-0.1, -0.05) is 60.7 Å². The van der Waals surface area contributed by atoms with E-state index in [2.05, 4.69) is 0 Å². The molecule has 44 heavy (non-hydrogen) atoms. The molecule has 240 valence electrons. The van der Waals surface area contributed by atoms with Crippen LogP contribution in [0.2, 0.25) is 0 Å². The van der Waals surface area contributed by atoms with Crippen molar-refractivity contribution in [2.24, 2.45) is 11.7 Å². The number of nitrogens with zero attached hydrogens (tertiary/aromatic N) is 3. The standard InChI is InChI=1S/C33H46N4O6S/c1-25-12-11-21-37(25,31(34)39)30(38)29(22-26-13-7-5-8-14-26)36(44(41,42)24-28-15-9-6-10-16-28)23-27-17-19-35(20-18-27)32(40)43-33(2,3)4/h5-10,13-16,25,27,29H,11-12,17-24H2,1-4H3,(H-,34,39)/p+1/t25-,29-,37?/m1/s1. The summed E-state index contributed by atoms with van der Waals surface area (Å²) in [6, 6.07) is 16.0. The minimum absolute atomic E-state index is 0.0910. The second kappa shape index (κ2) is 13.8. The molecule has 2 fully saturated rings. The summed E-state index contributed by atoms with van der Waals surface area (Å²) in [5, 5.41) is 0. The number of carbonyl (C=O) groups is 3. The Morgan fingerprint density at radius 3 is 2.05 bits per heavy atom. The van der Waals surface area contributed by atoms with Gasteiger partial charge < -0.3 is 15.4 Å². The predicted molar refractivity (Wildman–Crippen MR) is 169 cm³/mol. The highest BCUT2D eigenvalue weighted by Gasteiger charge is 2.56. The Balaban J connectivity index is 1.70. The summed E-state index contributed by atoms with van der Waals surface area (Å²) in [6.45, 7) is 8.47. The smallest absolute Gasteiger partial charge is 0.421 e. The molecule has 11 heteroatoms. The molecule has 0 radical (unpaired) electrons. The second-order valence-corrected chi connectivity index (χ2v) is 15.1. The molecule has 0 bridgehead atoms. The van der Waals surface area contributed by atoms with Gasteiger partial charge in [-0.2, -0.15) is 8.79 Å². The van der Waals surface area contributed by atoms with Crippen LogP contribution < -0.4 is 5.73 Å². The molecular formula is C33H47N4O6S+. The molecule has 3 atom stereocenters. The van der Waals surface area contributed by atoms with Crippen molar-refractivity contribution in [2.75, 3.05) is 26.2 Å². The molecule has 2 aliphatic rings. The first kappa shape index (κ1) is 33.6. The number of rotatable bonds is 9. The van der Waals surface area contributed by atoms with E-state index in [-0.39, 0.29) is 37.2 Å². The van der Waals surface area contributed by atoms with Gasteiger partial charge in [0.1, 0.15) is 17.7 Å². The van der Waals surface area contributed by atoms with E-state index in [0.29, 0.717) is 44.3 Å². The molecule has 0 aromatic heterocycles. The third-order valence-corrected chi connectivity index (χ3v) is 10.6. The summed E-state index contributed by atoms with van der Waals surface area (Å²) in [7, 11) is -4.05. The van der Waals surface area contributed by atoms with E-state index in [0.717, 1.165) is 5.56 Å². The van der Waals surface area contributed by atoms with Gasteiger partial charge in [-0.3, -0.25) is 0 Å². The molecule has 4 amide bonds. The van der Waals surface area contributed by atoms with E-state index in [4.69, 9.17) is 10.5 Å². The van der Waals surface area contributed by atoms with E-state index >= 15 is 0 Å². The van der Waals surface area contributed by atoms with Crippen molar-refractivity contribution in [3.63, 3.8) is 0 Å². The molecule has 2 saturated heterocycles. The lowest BCUT2D eigenvalue weighted by atomic mass is 9.95. The molecule has 10 nitrogen and oxygen atoms in total. The van der Waals surface area contributed by atoms with Gasteiger partial charge in [-0.15, -0.1) is 0 Å². The Hall–Kier alpha value is -3.28. The maximum Gasteiger partial charge on any atom is 0.421 e. The second-order valence-electron chi connectivity index (χ2n) is 13.2. The van der Waals surface area contributed by atoms with Crippen LogP contribution in [0, 0.1) is 5.92 Å². The third-order valence-electron chi connectivity index (χ3n) is 8.83. The highest BCUT2D eigenvalue weighted by molar-refractivity contribution is 7.88. The van der Waals surface area contributed by atoms with Gasteiger partial charge in [0.05, 0.1) is 12.3 Å². The fourth-order valence-corrected chi connectivity index (χ4v) is 8.21. The summed E-state index contributed by atoms with van der Waals surface area (Å²) >= 11 is 0. The van der Waals surface area contributed by atoms with Crippen LogP contribution in [-0.4, -0.2) is 84.0 Å². The number of benzene rings is 2. The van der Waals surface area contributed by atoms with E-state index < -0.39 is 44.2 Å². The molecule has 0 aliphatic carbocycles. The van der Waals surface area contributed by atoms with Gasteiger partial charge in [0, 0.05) is 38.9 Å². The van der Waals surface area contributed by atoms with Gasteiger partial charge in [0.2, 0.25) is 10.0 Å². The number of primary amides is 1. The topological polar surface area (TPSA) is 127 Å². The molecule has 4 rings (SSSR count). The Morgan fingerprint density at radius 2 is 1.55 bits per heavy atom. The van der Waals surface area contributed by atoms with Crippen LogP contribution in [0.5, 0.6) is 0 Å². The maximum absolute atomic E-state index is 14.7. The average Bonchev–Trinajstić information content (AvgIpc) is 3.37. The SMILES string of the molecule is C[C@@H]1CCC[N+]1(C(N)=O)C(=O)[C@@H](Cc1ccccc1)N(CC1CCN(C(=O)OC(C)(C)C)CC1)S(=O)(=O)Cc1ccccc1. The zero-order chi connectivity index (χ0) is 32.1. The van der Waals surface area contributed by atoms with Crippen LogP contribution in [0.4, 0.5) is 9.59 Å². The first-order valence-electron chi connectivity index (χ1n) is 15.5. The van der Waals surface area contributed by atoms with E-state index in [1.54, 1.807) is 29.2 Å². The zero-order valence-electron chi connectivity index (χ0n) is 26.4. The highest BCUT2D eigenvalue weighted by atomic mass is 32.2. The lowest BCUT2D eigenvalue weighted by molar-refractivity contribution is -0.784. The summed E-state index contributed by atoms with van der Waals surface area (Å²) in [5.41, 5.74) is 6.74. The van der Waals surface area contributed by atoms with Crippen LogP contribution >= 0.6 is 0 Å². The van der Waals surface area contributed by atoms with Crippen LogP contribution in [0.25, 0.3) is 0 Å². The Kier molecular flexibility index (Phi) is 10.5. The first-order valence-corrected chi connectivity index (χ1v) is 17.1. The number of hydrogen-bond donors (Lipinski definition) is 1. The Bertz CT molecular complexity index is 1400. The number of piperidine rings is 1. The number of quaternary nitrogens is 1. The Morgan fingerprint density at radius 1 is 0.977 bits per heavy atom. The normalized spacial score (nSPS) is 22.1. The number of carbonyl (C=O) groups excluding carboxylic acids is 3. The van der Waals surface area contributed by atoms with Crippen molar-refractivity contribution in [2.45, 2.75) is 83.2 Å². The van der Waals surface area contributed by atoms with Gasteiger partial charge in [-0.25, -0.2) is 22.8 Å². The molecule has 0 spiro atoms. The first-order chi connectivity index (χ1) is 20.7. The lowest BCUT2D eigenvalue weighted by Gasteiger charge is -2.40. The fourth-order valence-electron chi connectivity index (χ4n) is 6.44. The van der Waals surface area contributed by atoms with Crippen molar-refractivity contribution in [1.82, 2.24) is 9.21 Å². The van der Waals surface area contributed by atoms with Gasteiger partial charge in [-0.05, 0) is 57.6 Å². The van der Waals surface area contributed by atoms with Crippen LogP contribution in [-0.2, 0) is 31.7 Å². The number of hydrogen-bond acceptors (Lipinski definition) is 6. The van der Waals surface area contributed by atoms with E-state index in [1.165, 1.54) is 4.31 Å². The molecule has 2 N–H and O–H groups in total. The number of nitrogens with two attached hydrogens (primary N) is 1. The largest absolute Gasteiger partial charge is 0.444 e. The third kappa shape index (κ3) is 7.86. The van der Waals surface area contributed by atoms with Gasteiger partial charge in [0.15, 0.2) is 0 Å². The molecule has 0 saturated carbocycles. The summed E-state index contributed by atoms with van der Waals surface area (Å²) in [5.74, 6) is -0.868. The number of amides is 4. The molecule has 2 aliphatic heterocycles. The maximum atomic E-state index is 14.7. The molecule has 1 unspecified atom stereocenters. The average molecular weight is 628 g/mol. The summed E-state index contributed by atoms with van der Waals surface area (Å²) < 4.78 is 35.1. The zero-order valence-corrected chi connectivity index (χ0v) is 27.2. The van der Waals surface area contributed by atoms with Crippen molar-refractivity contribution >= 4 is 28.1 Å². The van der Waals surface area contributed by atoms with Crippen LogP contribution in [0.1, 0.15) is 64.5 Å². The molecule has 2 aromatic carbocycles. The fraction of sp³-hybridized carbons (Fsp3) is 0.545. The summed E-state index contributed by atoms with van der Waals surface area (Å²) in [6.07, 6.45) is 2.12. The minimum atomic E-state index is -4.05. The highest BCUT2D eigenvalue weighted by Crippen LogP contribution is 2.33. The minimum Gasteiger partial charge on any atom is -0.444 e. The van der Waals surface area contributed by atoms with Gasteiger partial charge in [0.25, 0.3) is 0 Å². The molecule has 2 heterocycles. The lowest BCUT2D eigenvalue weighted by Crippen LogP contribution is -2.67. The van der Waals surface area contributed by atoms with Crippen molar-refractivity contribution in [3.05, 3.63) is 71.8 Å². The Labute approximate surface area is 261 Å². The summed E-state index contributed by atoms with van der Waals surface area (Å²) in [4.78, 5) is 42.1. The quantitative estimate of drug-likeness (QED) is 0.402. The predicted octanol–water partition coefficient (Wildman–Crippen LogP) is 4.68. The number of urea groups is 1. The van der Waals surface area contributed by atoms with Crippen molar-refractivity contribution in [1.29, 1.82) is 0 Å². The van der Waals surface area contributed by atoms with E-state index in [1.807, 2.05) is 64.1 Å². The van der Waals surface area contributed by atoms with Crippen molar-refractivity contribution in [3.8, 4) is 0 Å². The monoisotopic (exact) mass is 627 g/mol.